The first-order valence-electron chi connectivity index (χ1n) is 8.09. The Bertz CT molecular complexity index is 678. The molecule has 0 aromatic carbocycles. The summed E-state index contributed by atoms with van der Waals surface area (Å²) in [6.45, 7) is 3.25. The topological polar surface area (TPSA) is 87.0 Å². The van der Waals surface area contributed by atoms with Crippen LogP contribution < -0.4 is 0 Å². The van der Waals surface area contributed by atoms with Gasteiger partial charge in [0.15, 0.2) is 0 Å². The Kier molecular flexibility index (Phi) is 4.47. The highest BCUT2D eigenvalue weighted by molar-refractivity contribution is 5.92. The summed E-state index contributed by atoms with van der Waals surface area (Å²) in [6.07, 6.45) is 5.43. The normalized spacial score (nSPS) is 19.8. The van der Waals surface area contributed by atoms with Crippen LogP contribution in [0.2, 0.25) is 0 Å². The number of amides is 1. The molecule has 1 aliphatic heterocycles. The number of aromatic amines is 1. The first-order valence-corrected chi connectivity index (χ1v) is 8.09. The second-order valence-corrected chi connectivity index (χ2v) is 6.13. The van der Waals surface area contributed by atoms with E-state index in [0.29, 0.717) is 24.6 Å². The zero-order valence-corrected chi connectivity index (χ0v) is 13.6. The van der Waals surface area contributed by atoms with Gasteiger partial charge in [-0.1, -0.05) is 6.92 Å². The van der Waals surface area contributed by atoms with Gasteiger partial charge in [0.2, 0.25) is 0 Å². The number of aliphatic hydroxyl groups excluding tert-OH is 1. The van der Waals surface area contributed by atoms with Crippen LogP contribution in [0, 0.1) is 5.92 Å². The number of hydrogen-bond donors (Lipinski definition) is 2. The monoisotopic (exact) mass is 317 g/mol. The molecule has 0 saturated carbocycles. The largest absolute Gasteiger partial charge is 0.385 e. The SMILES string of the molecule is CCc1cc(C(=O)N2CCCC(C(O)c3nccn3C)C2)n[nH]1. The van der Waals surface area contributed by atoms with Crippen LogP contribution in [0.5, 0.6) is 0 Å². The summed E-state index contributed by atoms with van der Waals surface area (Å²) in [7, 11) is 1.87. The number of nitrogens with one attached hydrogen (secondary N) is 1. The quantitative estimate of drug-likeness (QED) is 0.889. The molecule has 1 amide bonds. The summed E-state index contributed by atoms with van der Waals surface area (Å²) in [6, 6.07) is 1.81. The van der Waals surface area contributed by atoms with Crippen LogP contribution in [-0.4, -0.2) is 48.8 Å². The number of aliphatic hydroxyl groups is 1. The van der Waals surface area contributed by atoms with E-state index in [2.05, 4.69) is 15.2 Å². The maximum atomic E-state index is 12.6. The fraction of sp³-hybridized carbons (Fsp3) is 0.562. The van der Waals surface area contributed by atoms with Crippen molar-refractivity contribution in [1.29, 1.82) is 0 Å². The molecule has 3 heterocycles. The van der Waals surface area contributed by atoms with E-state index in [4.69, 9.17) is 0 Å². The smallest absolute Gasteiger partial charge is 0.274 e. The van der Waals surface area contributed by atoms with Crippen molar-refractivity contribution in [1.82, 2.24) is 24.6 Å². The van der Waals surface area contributed by atoms with Crippen LogP contribution in [0.1, 0.15) is 47.9 Å². The average Bonchev–Trinajstić information content (AvgIpc) is 3.22. The molecule has 0 radical (unpaired) electrons. The number of piperidine rings is 1. The number of aromatic nitrogens is 4. The van der Waals surface area contributed by atoms with Crippen LogP contribution in [0.3, 0.4) is 0 Å². The maximum absolute atomic E-state index is 12.6. The van der Waals surface area contributed by atoms with Crippen molar-refractivity contribution in [2.45, 2.75) is 32.3 Å². The second-order valence-electron chi connectivity index (χ2n) is 6.13. The van der Waals surface area contributed by atoms with E-state index in [9.17, 15) is 9.90 Å². The first-order chi connectivity index (χ1) is 11.1. The molecule has 2 unspecified atom stereocenters. The van der Waals surface area contributed by atoms with Gasteiger partial charge in [-0.15, -0.1) is 0 Å². The molecule has 1 fully saturated rings. The number of carbonyl (C=O) groups excluding carboxylic acids is 1. The summed E-state index contributed by atoms with van der Waals surface area (Å²) >= 11 is 0. The molecule has 7 nitrogen and oxygen atoms in total. The van der Waals surface area contributed by atoms with E-state index in [1.165, 1.54) is 0 Å². The Balaban J connectivity index is 1.70. The van der Waals surface area contributed by atoms with Gasteiger partial charge in [0.05, 0.1) is 0 Å². The van der Waals surface area contributed by atoms with Gasteiger partial charge in [0.1, 0.15) is 17.6 Å². The highest BCUT2D eigenvalue weighted by Crippen LogP contribution is 2.29. The van der Waals surface area contributed by atoms with Crippen molar-refractivity contribution in [3.05, 3.63) is 35.7 Å². The van der Waals surface area contributed by atoms with Crippen LogP contribution in [0.25, 0.3) is 0 Å². The number of carbonyl (C=O) groups is 1. The molecule has 2 aromatic rings. The Morgan fingerprint density at radius 1 is 1.57 bits per heavy atom. The van der Waals surface area contributed by atoms with Crippen LogP contribution in [-0.2, 0) is 13.5 Å². The lowest BCUT2D eigenvalue weighted by atomic mass is 9.91. The Hall–Kier alpha value is -2.15. The summed E-state index contributed by atoms with van der Waals surface area (Å²) in [5, 5.41) is 17.6. The molecule has 2 aromatic heterocycles. The summed E-state index contributed by atoms with van der Waals surface area (Å²) < 4.78 is 1.83. The highest BCUT2D eigenvalue weighted by atomic mass is 16.3. The molecule has 2 N–H and O–H groups in total. The lowest BCUT2D eigenvalue weighted by Gasteiger charge is -2.34. The van der Waals surface area contributed by atoms with Crippen molar-refractivity contribution >= 4 is 5.91 Å². The summed E-state index contributed by atoms with van der Waals surface area (Å²) in [4.78, 5) is 18.6. The Labute approximate surface area is 135 Å². The number of hydrogen-bond acceptors (Lipinski definition) is 4. The van der Waals surface area contributed by atoms with Crippen molar-refractivity contribution in [3.8, 4) is 0 Å². The van der Waals surface area contributed by atoms with Crippen LogP contribution in [0.15, 0.2) is 18.5 Å². The van der Waals surface area contributed by atoms with Crippen LogP contribution in [0.4, 0.5) is 0 Å². The van der Waals surface area contributed by atoms with E-state index in [1.54, 1.807) is 17.2 Å². The van der Waals surface area contributed by atoms with Gasteiger partial charge >= 0.3 is 0 Å². The van der Waals surface area contributed by atoms with Gasteiger partial charge in [0, 0.05) is 44.1 Å². The predicted molar refractivity (Wildman–Crippen MR) is 84.8 cm³/mol. The van der Waals surface area contributed by atoms with Gasteiger partial charge in [0.25, 0.3) is 5.91 Å². The number of H-pyrrole nitrogens is 1. The van der Waals surface area contributed by atoms with E-state index in [0.717, 1.165) is 25.0 Å². The van der Waals surface area contributed by atoms with E-state index in [-0.39, 0.29) is 11.8 Å². The van der Waals surface area contributed by atoms with Crippen molar-refractivity contribution in [3.63, 3.8) is 0 Å². The standard InChI is InChI=1S/C16H23N5O2/c1-3-12-9-13(19-18-12)16(23)21-7-4-5-11(10-21)14(22)15-17-6-8-20(15)2/h6,8-9,11,14,22H,3-5,7,10H2,1-2H3,(H,18,19). The molecule has 0 bridgehead atoms. The Morgan fingerprint density at radius 3 is 3.04 bits per heavy atom. The van der Waals surface area contributed by atoms with Gasteiger partial charge in [-0.05, 0) is 25.3 Å². The van der Waals surface area contributed by atoms with E-state index < -0.39 is 6.10 Å². The second kappa shape index (κ2) is 6.54. The molecular weight excluding hydrogens is 294 g/mol. The third-order valence-corrected chi connectivity index (χ3v) is 4.55. The molecule has 0 spiro atoms. The first kappa shape index (κ1) is 15.7. The third-order valence-electron chi connectivity index (χ3n) is 4.55. The molecule has 1 saturated heterocycles. The van der Waals surface area contributed by atoms with E-state index in [1.807, 2.05) is 24.7 Å². The zero-order chi connectivity index (χ0) is 16.4. The van der Waals surface area contributed by atoms with Gasteiger partial charge < -0.3 is 14.6 Å². The molecule has 23 heavy (non-hydrogen) atoms. The Morgan fingerprint density at radius 2 is 2.39 bits per heavy atom. The zero-order valence-electron chi connectivity index (χ0n) is 13.6. The minimum Gasteiger partial charge on any atom is -0.385 e. The minimum absolute atomic E-state index is 0.00149. The fourth-order valence-corrected chi connectivity index (χ4v) is 3.14. The number of aryl methyl sites for hydroxylation is 2. The van der Waals surface area contributed by atoms with Crippen molar-refractivity contribution < 1.29 is 9.90 Å². The highest BCUT2D eigenvalue weighted by Gasteiger charge is 2.32. The molecule has 124 valence electrons. The van der Waals surface area contributed by atoms with Crippen molar-refractivity contribution in [2.24, 2.45) is 13.0 Å². The lowest BCUT2D eigenvalue weighted by molar-refractivity contribution is 0.0355. The fourth-order valence-electron chi connectivity index (χ4n) is 3.14. The molecular formula is C16H23N5O2. The molecule has 0 aliphatic carbocycles. The van der Waals surface area contributed by atoms with Crippen molar-refractivity contribution in [2.75, 3.05) is 13.1 Å². The average molecular weight is 317 g/mol. The lowest BCUT2D eigenvalue weighted by Crippen LogP contribution is -2.42. The number of likely N-dealkylation sites (tertiary alicyclic amines) is 1. The molecule has 2 atom stereocenters. The van der Waals surface area contributed by atoms with Gasteiger partial charge in [-0.2, -0.15) is 5.10 Å². The minimum atomic E-state index is -0.656. The van der Waals surface area contributed by atoms with Gasteiger partial charge in [-0.25, -0.2) is 4.98 Å². The molecule has 7 heteroatoms. The number of nitrogens with zero attached hydrogens (tertiary/aromatic N) is 4. The third kappa shape index (κ3) is 3.14. The number of rotatable bonds is 4. The number of imidazole rings is 1. The molecule has 1 aliphatic rings. The maximum Gasteiger partial charge on any atom is 0.274 e. The van der Waals surface area contributed by atoms with Gasteiger partial charge in [-0.3, -0.25) is 9.89 Å². The van der Waals surface area contributed by atoms with Crippen LogP contribution >= 0.6 is 0 Å². The summed E-state index contributed by atoms with van der Waals surface area (Å²) in [5.74, 6) is 0.577. The summed E-state index contributed by atoms with van der Waals surface area (Å²) in [5.41, 5.74) is 1.41. The van der Waals surface area contributed by atoms with E-state index >= 15 is 0 Å². The predicted octanol–water partition coefficient (Wildman–Crippen LogP) is 1.29. The molecule has 3 rings (SSSR count).